The van der Waals surface area contributed by atoms with Gasteiger partial charge in [0.05, 0.1) is 80.7 Å². The number of unbranched alkanes of at least 4 members (excludes halogenated alkanes) is 12. The van der Waals surface area contributed by atoms with E-state index < -0.39 is 11.6 Å². The molecule has 0 aliphatic carbocycles. The number of rotatable bonds is 39. The molecule has 0 saturated heterocycles. The highest BCUT2D eigenvalue weighted by Crippen LogP contribution is 2.54. The van der Waals surface area contributed by atoms with E-state index in [9.17, 15) is 0 Å². The minimum Gasteiger partial charge on any atom is -0.494 e. The number of fused-ring (bicyclic) bond motifs is 4. The summed E-state index contributed by atoms with van der Waals surface area (Å²) in [4.78, 5) is 27.8. The average Bonchev–Trinajstić information content (AvgIpc) is 1.32. The first-order valence-corrected chi connectivity index (χ1v) is 45.2. The summed E-state index contributed by atoms with van der Waals surface area (Å²) < 4.78 is 64.3. The van der Waals surface area contributed by atoms with Crippen molar-refractivity contribution in [3.8, 4) is 120 Å². The second kappa shape index (κ2) is 38.5. The fraction of sp³-hybridized carbons (Fsp3) is 0.360. The number of benzene rings is 8. The van der Waals surface area contributed by atoms with E-state index in [4.69, 9.17) is 38.9 Å². The van der Waals surface area contributed by atoms with Gasteiger partial charge in [0.25, 0.3) is 0 Å². The summed E-state index contributed by atoms with van der Waals surface area (Å²) in [7, 11) is 0. The number of hydrogen-bond donors (Lipinski definition) is 0. The third-order valence-electron chi connectivity index (χ3n) is 22.3. The molecule has 2 unspecified atom stereocenters. The summed E-state index contributed by atoms with van der Waals surface area (Å²) in [6.07, 6.45) is 23.1. The topological polar surface area (TPSA) is 88.5 Å². The molecule has 6 aromatic heterocycles. The van der Waals surface area contributed by atoms with Crippen LogP contribution in [0.3, 0.4) is 0 Å². The summed E-state index contributed by atoms with van der Waals surface area (Å²) in [5, 5.41) is 2.13. The van der Waals surface area contributed by atoms with Crippen LogP contribution in [0.25, 0.3) is 139 Å². The fourth-order valence-corrected chi connectivity index (χ4v) is 19.9. The van der Waals surface area contributed by atoms with Gasteiger partial charge in [-0.05, 0) is 156 Å². The summed E-state index contributed by atoms with van der Waals surface area (Å²) >= 11 is 6.33. The highest BCUT2D eigenvalue weighted by atomic mass is 32.1. The fourth-order valence-electron chi connectivity index (χ4n) is 15.6. The van der Waals surface area contributed by atoms with E-state index in [1.165, 1.54) is 78.9 Å². The van der Waals surface area contributed by atoms with Crippen LogP contribution in [0, 0.1) is 51.2 Å². The standard InChI is InChI=1S/C100H108F2N4O4S4/c1-11-17-21-23-25-27-53-107-73-41-31-39-71(58-73)92-90(69-37-29-33-63(7)55-69)104-94-77(44-43-65(9)89(94)103-92)84-51-49-82(112-84)75-45-46-76(88(102)87(75)101)83-50-52-85(113-83)78-47-48-79(96-95(78)106-93(91(105-96)70-38-30-34-64(8)56-70)72-40-32-42-74(59-72)108-54-28-26-24-22-18-12-2)86-60-81-98(110-62-68(16-6)36-20-14-4)99-80(57-66(10)111-99)97(100(81)114-86)109-61-67(15-5)35-19-13-3/h29-34,37-52,55-60,67-68H,11-28,35-36,53-54,61-62H2,1-10H3. The van der Waals surface area contributed by atoms with Crippen molar-refractivity contribution >= 4 is 87.6 Å². The molecular formula is C100H108F2N4O4S4. The first kappa shape index (κ1) is 81.4. The number of hydrogen-bond acceptors (Lipinski definition) is 12. The Hall–Kier alpha value is -9.18. The summed E-state index contributed by atoms with van der Waals surface area (Å²) in [5.41, 5.74) is 15.7. The molecule has 0 aliphatic rings. The van der Waals surface area contributed by atoms with E-state index >= 15 is 8.78 Å². The molecule has 590 valence electrons. The Bertz CT molecular complexity index is 5580. The molecule has 0 radical (unpaired) electrons. The third-order valence-corrected chi connectivity index (χ3v) is 26.8. The van der Waals surface area contributed by atoms with Gasteiger partial charge in [-0.1, -0.05) is 240 Å². The van der Waals surface area contributed by atoms with Crippen LogP contribution in [0.4, 0.5) is 8.78 Å². The molecule has 2 atom stereocenters. The molecule has 8 aromatic carbocycles. The van der Waals surface area contributed by atoms with Gasteiger partial charge in [-0.15, -0.1) is 45.3 Å². The van der Waals surface area contributed by atoms with Crippen molar-refractivity contribution in [2.24, 2.45) is 11.8 Å². The molecule has 0 aliphatic heterocycles. The minimum atomic E-state index is -0.915. The van der Waals surface area contributed by atoms with Crippen molar-refractivity contribution in [3.63, 3.8) is 0 Å². The normalized spacial score (nSPS) is 12.3. The van der Waals surface area contributed by atoms with Crippen LogP contribution in [0.15, 0.2) is 170 Å². The SMILES string of the molecule is CCCCCCCCOc1cccc(-c2nc3c(C)ccc(-c4ccc(-c5ccc(-c6ccc(-c7ccc(-c8cc9c(OCC(CC)CCCC)c%10sc(C)cc%10c(OCC(CC)CCCC)c9s8)c8nc(-c9cccc(C)c9)c(-c9cccc(OCCCCCCCC)c9)nc78)s6)c(F)c5F)s4)c3nc2-c2cccc(C)c2)c1. The van der Waals surface area contributed by atoms with E-state index in [2.05, 4.69) is 178 Å². The lowest BCUT2D eigenvalue weighted by Gasteiger charge is -2.19. The van der Waals surface area contributed by atoms with Crippen molar-refractivity contribution in [3.05, 3.63) is 203 Å². The van der Waals surface area contributed by atoms with Gasteiger partial charge in [-0.25, -0.2) is 28.7 Å². The lowest BCUT2D eigenvalue weighted by molar-refractivity contribution is 0.235. The molecule has 114 heavy (non-hydrogen) atoms. The number of ether oxygens (including phenoxy) is 4. The molecule has 0 fully saturated rings. The molecule has 14 rings (SSSR count). The van der Waals surface area contributed by atoms with Gasteiger partial charge in [0.2, 0.25) is 0 Å². The molecular weight excluding hydrogens is 1490 g/mol. The molecule has 0 saturated carbocycles. The number of halogens is 2. The predicted molar refractivity (Wildman–Crippen MR) is 482 cm³/mol. The second-order valence-electron chi connectivity index (χ2n) is 31.0. The summed E-state index contributed by atoms with van der Waals surface area (Å²) in [5.74, 6) is 2.41. The van der Waals surface area contributed by atoms with Crippen LogP contribution >= 0.6 is 45.3 Å². The number of aromatic nitrogens is 4. The third kappa shape index (κ3) is 18.5. The number of nitrogens with zero attached hydrogens (tertiary/aromatic N) is 4. The lowest BCUT2D eigenvalue weighted by atomic mass is 9.99. The van der Waals surface area contributed by atoms with E-state index in [1.807, 2.05) is 48.5 Å². The zero-order valence-electron chi connectivity index (χ0n) is 68.1. The van der Waals surface area contributed by atoms with Crippen LogP contribution in [-0.4, -0.2) is 46.4 Å². The van der Waals surface area contributed by atoms with Crippen LogP contribution in [0.5, 0.6) is 23.0 Å². The first-order valence-electron chi connectivity index (χ1n) is 42.0. The van der Waals surface area contributed by atoms with Gasteiger partial charge in [0.1, 0.15) is 23.0 Å². The summed E-state index contributed by atoms with van der Waals surface area (Å²) in [6.45, 7) is 24.6. The molecule has 0 amide bonds. The van der Waals surface area contributed by atoms with Crippen molar-refractivity contribution in [1.29, 1.82) is 0 Å². The van der Waals surface area contributed by atoms with E-state index in [-0.39, 0.29) is 11.1 Å². The van der Waals surface area contributed by atoms with Crippen LogP contribution in [-0.2, 0) is 0 Å². The Labute approximate surface area is 689 Å². The van der Waals surface area contributed by atoms with E-state index in [0.717, 1.165) is 219 Å². The van der Waals surface area contributed by atoms with Crippen molar-refractivity contribution in [1.82, 2.24) is 19.9 Å². The maximum atomic E-state index is 17.5. The second-order valence-corrected chi connectivity index (χ2v) is 35.5. The zero-order valence-corrected chi connectivity index (χ0v) is 71.4. The lowest BCUT2D eigenvalue weighted by Crippen LogP contribution is -2.12. The Balaban J connectivity index is 0.855. The summed E-state index contributed by atoms with van der Waals surface area (Å²) in [6, 6.07) is 57.7. The van der Waals surface area contributed by atoms with E-state index in [0.29, 0.717) is 64.7 Å². The zero-order chi connectivity index (χ0) is 79.2. The van der Waals surface area contributed by atoms with Crippen LogP contribution < -0.4 is 18.9 Å². The Morgan fingerprint density at radius 3 is 1.17 bits per heavy atom. The minimum absolute atomic E-state index is 0.174. The van der Waals surface area contributed by atoms with Crippen molar-refractivity contribution in [2.75, 3.05) is 26.4 Å². The van der Waals surface area contributed by atoms with Gasteiger partial charge >= 0.3 is 0 Å². The average molecular weight is 1600 g/mol. The van der Waals surface area contributed by atoms with Gasteiger partial charge < -0.3 is 18.9 Å². The molecule has 0 bridgehead atoms. The van der Waals surface area contributed by atoms with Gasteiger partial charge in [0, 0.05) is 90.1 Å². The highest BCUT2D eigenvalue weighted by molar-refractivity contribution is 7.24. The molecule has 14 heteroatoms. The van der Waals surface area contributed by atoms with Gasteiger partial charge in [-0.2, -0.15) is 0 Å². The largest absolute Gasteiger partial charge is 0.494 e. The van der Waals surface area contributed by atoms with Crippen molar-refractivity contribution < 1.29 is 27.7 Å². The van der Waals surface area contributed by atoms with Crippen molar-refractivity contribution in [2.45, 2.75) is 198 Å². The Morgan fingerprint density at radius 2 is 0.711 bits per heavy atom. The number of thiophene rings is 4. The molecule has 6 heterocycles. The Kier molecular flexibility index (Phi) is 27.5. The highest BCUT2D eigenvalue weighted by Gasteiger charge is 2.29. The van der Waals surface area contributed by atoms with Gasteiger partial charge in [-0.3, -0.25) is 0 Å². The van der Waals surface area contributed by atoms with Crippen LogP contribution in [0.1, 0.15) is 192 Å². The number of aryl methyl sites for hydroxylation is 4. The van der Waals surface area contributed by atoms with Crippen LogP contribution in [0.2, 0.25) is 0 Å². The predicted octanol–water partition coefficient (Wildman–Crippen LogP) is 31.3. The van der Waals surface area contributed by atoms with E-state index in [1.54, 1.807) is 34.8 Å². The Morgan fingerprint density at radius 1 is 0.333 bits per heavy atom. The maximum Gasteiger partial charge on any atom is 0.168 e. The molecule has 0 N–H and O–H groups in total. The molecule has 0 spiro atoms. The quantitative estimate of drug-likeness (QED) is 0.0352. The first-order chi connectivity index (χ1) is 55.7. The molecule has 14 aromatic rings. The monoisotopic (exact) mass is 1590 g/mol. The maximum absolute atomic E-state index is 17.5. The van der Waals surface area contributed by atoms with Gasteiger partial charge in [0.15, 0.2) is 11.6 Å². The smallest absolute Gasteiger partial charge is 0.168 e. The molecule has 8 nitrogen and oxygen atoms in total.